The lowest BCUT2D eigenvalue weighted by Gasteiger charge is -2.36. The van der Waals surface area contributed by atoms with Crippen molar-refractivity contribution in [3.63, 3.8) is 0 Å². The molecule has 1 heterocycles. The lowest BCUT2D eigenvalue weighted by atomic mass is 9.99. The van der Waals surface area contributed by atoms with E-state index in [2.05, 4.69) is 6.92 Å². The van der Waals surface area contributed by atoms with Crippen LogP contribution in [0.5, 0.6) is 0 Å². The fourth-order valence-corrected chi connectivity index (χ4v) is 3.64. The number of ether oxygens (including phenoxy) is 1. The molecule has 0 radical (unpaired) electrons. The molecule has 6 nitrogen and oxygen atoms in total. The molecule has 148 valence electrons. The highest BCUT2D eigenvalue weighted by Gasteiger charge is 2.26. The zero-order valence-corrected chi connectivity index (χ0v) is 16.6. The zero-order valence-electron chi connectivity index (χ0n) is 16.6. The Bertz CT molecular complexity index is 674. The third-order valence-corrected chi connectivity index (χ3v) is 5.04. The number of hydrogen-bond donors (Lipinski definition) is 0. The average molecular weight is 374 g/mol. The summed E-state index contributed by atoms with van der Waals surface area (Å²) in [6.45, 7) is 6.59. The van der Waals surface area contributed by atoms with Crippen LogP contribution in [-0.4, -0.2) is 48.4 Å². The van der Waals surface area contributed by atoms with Gasteiger partial charge in [0.1, 0.15) is 0 Å². The average Bonchev–Trinajstić information content (AvgIpc) is 2.68. The predicted molar refractivity (Wildman–Crippen MR) is 105 cm³/mol. The van der Waals surface area contributed by atoms with Crippen LogP contribution in [0.2, 0.25) is 0 Å². The molecule has 27 heavy (non-hydrogen) atoms. The Labute approximate surface area is 161 Å². The molecule has 1 aromatic carbocycles. The Kier molecular flexibility index (Phi) is 7.82. The molecule has 1 unspecified atom stereocenters. The summed E-state index contributed by atoms with van der Waals surface area (Å²) in [5, 5.41) is 0. The van der Waals surface area contributed by atoms with Gasteiger partial charge in [0.2, 0.25) is 11.8 Å². The summed E-state index contributed by atoms with van der Waals surface area (Å²) in [4.78, 5) is 40.7. The molecular weight excluding hydrogens is 344 g/mol. The van der Waals surface area contributed by atoms with Gasteiger partial charge < -0.3 is 14.5 Å². The van der Waals surface area contributed by atoms with Gasteiger partial charge in [-0.2, -0.15) is 0 Å². The van der Waals surface area contributed by atoms with E-state index in [0.717, 1.165) is 32.2 Å². The lowest BCUT2D eigenvalue weighted by molar-refractivity contribution is -0.134. The highest BCUT2D eigenvalue weighted by molar-refractivity contribution is 6.02. The summed E-state index contributed by atoms with van der Waals surface area (Å²) >= 11 is 0. The molecular formula is C21H30N2O4. The minimum Gasteiger partial charge on any atom is -0.462 e. The maximum Gasteiger partial charge on any atom is 0.340 e. The highest BCUT2D eigenvalue weighted by Crippen LogP contribution is 2.24. The van der Waals surface area contributed by atoms with Crippen LogP contribution < -0.4 is 4.90 Å². The van der Waals surface area contributed by atoms with Crippen LogP contribution in [0.4, 0.5) is 5.69 Å². The SMILES string of the molecule is CCOC(=O)c1ccccc1N(CCC(=O)N1CCCCC1CC)C(C)=O. The molecule has 0 N–H and O–H groups in total. The third kappa shape index (κ3) is 5.31. The van der Waals surface area contributed by atoms with E-state index in [9.17, 15) is 14.4 Å². The Balaban J connectivity index is 2.14. The first-order chi connectivity index (χ1) is 13.0. The molecule has 1 fully saturated rings. The number of piperidine rings is 1. The monoisotopic (exact) mass is 374 g/mol. The topological polar surface area (TPSA) is 66.9 Å². The number of para-hydroxylation sites is 1. The third-order valence-electron chi connectivity index (χ3n) is 5.04. The number of amides is 2. The van der Waals surface area contributed by atoms with Crippen molar-refractivity contribution in [3.8, 4) is 0 Å². The van der Waals surface area contributed by atoms with Crippen molar-refractivity contribution in [2.24, 2.45) is 0 Å². The molecule has 1 aliphatic rings. The summed E-state index contributed by atoms with van der Waals surface area (Å²) in [5.74, 6) is -0.598. The number of hydrogen-bond acceptors (Lipinski definition) is 4. The van der Waals surface area contributed by atoms with Crippen LogP contribution >= 0.6 is 0 Å². The van der Waals surface area contributed by atoms with Crippen molar-refractivity contribution in [2.45, 2.75) is 58.9 Å². The van der Waals surface area contributed by atoms with Crippen LogP contribution in [-0.2, 0) is 14.3 Å². The number of likely N-dealkylation sites (tertiary alicyclic amines) is 1. The minimum atomic E-state index is -0.465. The van der Waals surface area contributed by atoms with Gasteiger partial charge >= 0.3 is 5.97 Å². The molecule has 0 aliphatic carbocycles. The smallest absolute Gasteiger partial charge is 0.340 e. The van der Waals surface area contributed by atoms with E-state index < -0.39 is 5.97 Å². The molecule has 0 spiro atoms. The summed E-state index contributed by atoms with van der Waals surface area (Å²) < 4.78 is 5.10. The van der Waals surface area contributed by atoms with Gasteiger partial charge in [-0.15, -0.1) is 0 Å². The van der Waals surface area contributed by atoms with Crippen LogP contribution in [0, 0.1) is 0 Å². The second-order valence-corrected chi connectivity index (χ2v) is 6.80. The first kappa shape index (κ1) is 20.9. The van der Waals surface area contributed by atoms with Gasteiger partial charge in [-0.3, -0.25) is 9.59 Å². The maximum atomic E-state index is 12.7. The van der Waals surface area contributed by atoms with E-state index in [1.54, 1.807) is 31.2 Å². The summed E-state index contributed by atoms with van der Waals surface area (Å²) in [6, 6.07) is 7.16. The van der Waals surface area contributed by atoms with Crippen molar-refractivity contribution < 1.29 is 19.1 Å². The Morgan fingerprint density at radius 1 is 1.19 bits per heavy atom. The molecule has 0 saturated carbocycles. The number of nitrogens with zero attached hydrogens (tertiary/aromatic N) is 2. The van der Waals surface area contributed by atoms with Crippen molar-refractivity contribution in [3.05, 3.63) is 29.8 Å². The van der Waals surface area contributed by atoms with E-state index in [0.29, 0.717) is 17.3 Å². The quantitative estimate of drug-likeness (QED) is 0.686. The first-order valence-electron chi connectivity index (χ1n) is 9.83. The minimum absolute atomic E-state index is 0.0708. The van der Waals surface area contributed by atoms with Gasteiger partial charge in [-0.1, -0.05) is 19.1 Å². The van der Waals surface area contributed by atoms with Crippen molar-refractivity contribution >= 4 is 23.5 Å². The molecule has 0 aromatic heterocycles. The van der Waals surface area contributed by atoms with Gasteiger partial charge in [0.25, 0.3) is 0 Å². The number of esters is 1. The lowest BCUT2D eigenvalue weighted by Crippen LogP contribution is -2.44. The molecule has 0 bridgehead atoms. The summed E-state index contributed by atoms with van der Waals surface area (Å²) in [6.07, 6.45) is 4.44. The molecule has 1 atom stereocenters. The molecule has 2 amide bonds. The van der Waals surface area contributed by atoms with Crippen molar-refractivity contribution in [1.29, 1.82) is 0 Å². The summed E-state index contributed by atoms with van der Waals surface area (Å²) in [5.41, 5.74) is 0.827. The Morgan fingerprint density at radius 3 is 2.59 bits per heavy atom. The fraction of sp³-hybridized carbons (Fsp3) is 0.571. The molecule has 1 aliphatic heterocycles. The highest BCUT2D eigenvalue weighted by atomic mass is 16.5. The van der Waals surface area contributed by atoms with Crippen LogP contribution in [0.15, 0.2) is 24.3 Å². The molecule has 6 heteroatoms. The first-order valence-corrected chi connectivity index (χ1v) is 9.83. The second kappa shape index (κ2) is 10.1. The van der Waals surface area contributed by atoms with E-state index in [4.69, 9.17) is 4.74 Å². The second-order valence-electron chi connectivity index (χ2n) is 6.80. The molecule has 2 rings (SSSR count). The van der Waals surface area contributed by atoms with Crippen LogP contribution in [0.25, 0.3) is 0 Å². The predicted octanol–water partition coefficient (Wildman–Crippen LogP) is 3.40. The number of anilines is 1. The van der Waals surface area contributed by atoms with Crippen LogP contribution in [0.1, 0.15) is 63.2 Å². The standard InChI is InChI=1S/C21H30N2O4/c1-4-17-10-8-9-14-23(17)20(25)13-15-22(16(3)24)19-12-7-6-11-18(19)21(26)27-5-2/h6-7,11-12,17H,4-5,8-10,13-15H2,1-3H3. The van der Waals surface area contributed by atoms with Gasteiger partial charge in [0.05, 0.1) is 17.9 Å². The largest absolute Gasteiger partial charge is 0.462 e. The maximum absolute atomic E-state index is 12.7. The van der Waals surface area contributed by atoms with Gasteiger partial charge in [0, 0.05) is 32.5 Å². The fourth-order valence-electron chi connectivity index (χ4n) is 3.64. The van der Waals surface area contributed by atoms with Crippen molar-refractivity contribution in [2.75, 3.05) is 24.6 Å². The Hall–Kier alpha value is -2.37. The number of carbonyl (C=O) groups is 3. The van der Waals surface area contributed by atoms with Gasteiger partial charge in [-0.25, -0.2) is 4.79 Å². The normalized spacial score (nSPS) is 16.7. The zero-order chi connectivity index (χ0) is 19.8. The number of rotatable bonds is 7. The van der Waals surface area contributed by atoms with E-state index >= 15 is 0 Å². The Morgan fingerprint density at radius 2 is 1.93 bits per heavy atom. The molecule has 1 aromatic rings. The van der Waals surface area contributed by atoms with Gasteiger partial charge in [0.15, 0.2) is 0 Å². The molecule has 1 saturated heterocycles. The van der Waals surface area contributed by atoms with Crippen LogP contribution in [0.3, 0.4) is 0 Å². The van der Waals surface area contributed by atoms with E-state index in [1.165, 1.54) is 11.8 Å². The van der Waals surface area contributed by atoms with E-state index in [-0.39, 0.29) is 31.4 Å². The van der Waals surface area contributed by atoms with E-state index in [1.807, 2.05) is 4.90 Å². The number of benzene rings is 1. The van der Waals surface area contributed by atoms with Crippen molar-refractivity contribution in [1.82, 2.24) is 4.90 Å². The van der Waals surface area contributed by atoms with Gasteiger partial charge in [-0.05, 0) is 44.7 Å². The number of carbonyl (C=O) groups excluding carboxylic acids is 3. The summed E-state index contributed by atoms with van der Waals surface area (Å²) in [7, 11) is 0.